The van der Waals surface area contributed by atoms with Crippen LogP contribution in [-0.2, 0) is 6.61 Å². The zero-order valence-electron chi connectivity index (χ0n) is 14.4. The van der Waals surface area contributed by atoms with E-state index >= 15 is 0 Å². The topological polar surface area (TPSA) is 81.3 Å². The Balaban J connectivity index is 1.70. The van der Waals surface area contributed by atoms with E-state index in [9.17, 15) is 4.79 Å². The summed E-state index contributed by atoms with van der Waals surface area (Å²) < 4.78 is 16.2. The van der Waals surface area contributed by atoms with Gasteiger partial charge in [0.2, 0.25) is 5.76 Å². The van der Waals surface area contributed by atoms with Gasteiger partial charge in [-0.2, -0.15) is 0 Å². The Morgan fingerprint density at radius 2 is 2.04 bits per heavy atom. The van der Waals surface area contributed by atoms with Crippen LogP contribution in [0.4, 0.5) is 5.69 Å². The molecule has 0 aliphatic rings. The Labute approximate surface area is 160 Å². The number of hydrogen-bond donors (Lipinski definition) is 1. The highest BCUT2D eigenvalue weighted by molar-refractivity contribution is 6.30. The van der Waals surface area contributed by atoms with Crippen LogP contribution < -0.4 is 9.47 Å². The van der Waals surface area contributed by atoms with Gasteiger partial charge in [-0.25, -0.2) is 4.79 Å². The SMILES string of the molecule is COc1cc(C=Nc2cccc(Cl)c2)ccc1OCc1ccc(C(=O)O)o1. The number of halogens is 1. The van der Waals surface area contributed by atoms with Gasteiger partial charge < -0.3 is 19.0 Å². The quantitative estimate of drug-likeness (QED) is 0.581. The lowest BCUT2D eigenvalue weighted by Gasteiger charge is -2.10. The van der Waals surface area contributed by atoms with Gasteiger partial charge in [0.05, 0.1) is 12.8 Å². The van der Waals surface area contributed by atoms with Crippen molar-refractivity contribution in [3.05, 3.63) is 76.7 Å². The Kier molecular flexibility index (Phi) is 5.78. The number of furan rings is 1. The van der Waals surface area contributed by atoms with Crippen LogP contribution in [-0.4, -0.2) is 24.4 Å². The Morgan fingerprint density at radius 3 is 2.74 bits per heavy atom. The van der Waals surface area contributed by atoms with Gasteiger partial charge in [0, 0.05) is 11.2 Å². The zero-order chi connectivity index (χ0) is 19.2. The lowest BCUT2D eigenvalue weighted by molar-refractivity contribution is 0.0658. The Hall–Kier alpha value is -3.25. The van der Waals surface area contributed by atoms with Crippen molar-refractivity contribution in [2.24, 2.45) is 4.99 Å². The molecular weight excluding hydrogens is 370 g/mol. The highest BCUT2D eigenvalue weighted by Crippen LogP contribution is 2.29. The molecule has 0 unspecified atom stereocenters. The number of hydrogen-bond acceptors (Lipinski definition) is 5. The molecule has 138 valence electrons. The number of carboxylic acids is 1. The molecule has 6 nitrogen and oxygen atoms in total. The van der Waals surface area contributed by atoms with E-state index in [-0.39, 0.29) is 12.4 Å². The summed E-state index contributed by atoms with van der Waals surface area (Å²) in [5.41, 5.74) is 1.57. The molecule has 0 saturated heterocycles. The van der Waals surface area contributed by atoms with E-state index in [1.807, 2.05) is 18.2 Å². The predicted octanol–water partition coefficient (Wildman–Crippen LogP) is 4.97. The molecule has 3 aromatic rings. The number of nitrogens with zero attached hydrogens (tertiary/aromatic N) is 1. The molecule has 0 fully saturated rings. The molecule has 1 heterocycles. The third-order valence-corrected chi connectivity index (χ3v) is 3.84. The predicted molar refractivity (Wildman–Crippen MR) is 102 cm³/mol. The first kappa shape index (κ1) is 18.5. The van der Waals surface area contributed by atoms with Crippen LogP contribution in [0.2, 0.25) is 5.02 Å². The molecule has 2 aromatic carbocycles. The summed E-state index contributed by atoms with van der Waals surface area (Å²) >= 11 is 5.95. The third kappa shape index (κ3) is 4.89. The number of aromatic carboxylic acids is 1. The summed E-state index contributed by atoms with van der Waals surface area (Å²) in [4.78, 5) is 15.2. The molecule has 7 heteroatoms. The fraction of sp³-hybridized carbons (Fsp3) is 0.100. The minimum Gasteiger partial charge on any atom is -0.493 e. The van der Waals surface area contributed by atoms with Crippen molar-refractivity contribution in [2.45, 2.75) is 6.61 Å². The molecule has 0 bridgehead atoms. The number of rotatable bonds is 7. The first-order chi connectivity index (χ1) is 13.0. The molecule has 0 aliphatic heterocycles. The number of carboxylic acid groups (broad SMARTS) is 1. The zero-order valence-corrected chi connectivity index (χ0v) is 15.1. The van der Waals surface area contributed by atoms with Crippen molar-refractivity contribution in [1.82, 2.24) is 0 Å². The van der Waals surface area contributed by atoms with Crippen molar-refractivity contribution in [1.29, 1.82) is 0 Å². The van der Waals surface area contributed by atoms with Crippen LogP contribution in [0.5, 0.6) is 11.5 Å². The second-order valence-corrected chi connectivity index (χ2v) is 5.94. The number of methoxy groups -OCH3 is 1. The minimum absolute atomic E-state index is 0.0829. The highest BCUT2D eigenvalue weighted by atomic mass is 35.5. The number of aliphatic imine (C=N–C) groups is 1. The Bertz CT molecular complexity index is 980. The van der Waals surface area contributed by atoms with Gasteiger partial charge in [0.15, 0.2) is 11.5 Å². The van der Waals surface area contributed by atoms with E-state index in [0.717, 1.165) is 11.3 Å². The van der Waals surface area contributed by atoms with Crippen LogP contribution in [0.1, 0.15) is 21.9 Å². The van der Waals surface area contributed by atoms with Crippen LogP contribution in [0.3, 0.4) is 0 Å². The van der Waals surface area contributed by atoms with E-state index in [1.165, 1.54) is 13.2 Å². The minimum atomic E-state index is -1.12. The summed E-state index contributed by atoms with van der Waals surface area (Å²) in [6, 6.07) is 15.5. The molecule has 0 spiro atoms. The fourth-order valence-electron chi connectivity index (χ4n) is 2.31. The molecule has 3 rings (SSSR count). The molecule has 0 atom stereocenters. The van der Waals surface area contributed by atoms with Crippen molar-refractivity contribution >= 4 is 29.5 Å². The molecular formula is C20H16ClNO5. The average molecular weight is 386 g/mol. The number of ether oxygens (including phenoxy) is 2. The number of carbonyl (C=O) groups is 1. The highest BCUT2D eigenvalue weighted by Gasteiger charge is 2.11. The molecule has 0 aliphatic carbocycles. The largest absolute Gasteiger partial charge is 0.493 e. The van der Waals surface area contributed by atoms with Gasteiger partial charge in [0.25, 0.3) is 0 Å². The maximum absolute atomic E-state index is 10.8. The lowest BCUT2D eigenvalue weighted by Crippen LogP contribution is -1.98. The summed E-state index contributed by atoms with van der Waals surface area (Å²) in [6.45, 7) is 0.0829. The van der Waals surface area contributed by atoms with Crippen molar-refractivity contribution in [3.8, 4) is 11.5 Å². The second-order valence-electron chi connectivity index (χ2n) is 5.51. The standard InChI is InChI=1S/C20H16ClNO5/c1-25-19-9-13(11-22-15-4-2-3-14(21)10-15)5-7-17(19)26-12-16-6-8-18(27-16)20(23)24/h2-11H,12H2,1H3,(H,23,24). The van der Waals surface area contributed by atoms with Crippen LogP contribution in [0, 0.1) is 0 Å². The van der Waals surface area contributed by atoms with Gasteiger partial charge in [-0.05, 0) is 54.1 Å². The van der Waals surface area contributed by atoms with Crippen LogP contribution in [0.15, 0.2) is 64.0 Å². The molecule has 27 heavy (non-hydrogen) atoms. The summed E-state index contributed by atoms with van der Waals surface area (Å²) in [7, 11) is 1.54. The van der Waals surface area contributed by atoms with E-state index in [2.05, 4.69) is 4.99 Å². The van der Waals surface area contributed by atoms with Crippen molar-refractivity contribution in [2.75, 3.05) is 7.11 Å². The van der Waals surface area contributed by atoms with Gasteiger partial charge >= 0.3 is 5.97 Å². The fourth-order valence-corrected chi connectivity index (χ4v) is 2.49. The summed E-state index contributed by atoms with van der Waals surface area (Å²) in [5.74, 6) is 0.178. The van der Waals surface area contributed by atoms with Gasteiger partial charge in [-0.15, -0.1) is 0 Å². The number of benzene rings is 2. The molecule has 0 radical (unpaired) electrons. The molecule has 0 amide bonds. The normalized spacial score (nSPS) is 10.9. The average Bonchev–Trinajstić information content (AvgIpc) is 3.14. The maximum Gasteiger partial charge on any atom is 0.371 e. The van der Waals surface area contributed by atoms with Crippen LogP contribution >= 0.6 is 11.6 Å². The van der Waals surface area contributed by atoms with E-state index in [1.54, 1.807) is 36.5 Å². The van der Waals surface area contributed by atoms with Crippen molar-refractivity contribution < 1.29 is 23.8 Å². The molecule has 1 N–H and O–H groups in total. The van der Waals surface area contributed by atoms with Gasteiger partial charge in [-0.3, -0.25) is 4.99 Å². The molecule has 1 aromatic heterocycles. The Morgan fingerprint density at radius 1 is 1.19 bits per heavy atom. The second kappa shape index (κ2) is 8.42. The van der Waals surface area contributed by atoms with Gasteiger partial charge in [-0.1, -0.05) is 17.7 Å². The van der Waals surface area contributed by atoms with E-state index in [0.29, 0.717) is 22.3 Å². The molecule has 0 saturated carbocycles. The van der Waals surface area contributed by atoms with E-state index < -0.39 is 5.97 Å². The third-order valence-electron chi connectivity index (χ3n) is 3.60. The van der Waals surface area contributed by atoms with E-state index in [4.69, 9.17) is 30.6 Å². The monoisotopic (exact) mass is 385 g/mol. The first-order valence-electron chi connectivity index (χ1n) is 7.97. The summed E-state index contributed by atoms with van der Waals surface area (Å²) in [5, 5.41) is 9.49. The lowest BCUT2D eigenvalue weighted by atomic mass is 10.2. The van der Waals surface area contributed by atoms with Crippen LogP contribution in [0.25, 0.3) is 0 Å². The smallest absolute Gasteiger partial charge is 0.371 e. The first-order valence-corrected chi connectivity index (χ1v) is 8.35. The van der Waals surface area contributed by atoms with Gasteiger partial charge in [0.1, 0.15) is 12.4 Å². The maximum atomic E-state index is 10.8. The van der Waals surface area contributed by atoms with Crippen molar-refractivity contribution in [3.63, 3.8) is 0 Å². The summed E-state index contributed by atoms with van der Waals surface area (Å²) in [6.07, 6.45) is 1.70.